The Morgan fingerprint density at radius 1 is 1.14 bits per heavy atom. The molecule has 0 saturated heterocycles. The van der Waals surface area contributed by atoms with Crippen LogP contribution < -0.4 is 5.73 Å². The summed E-state index contributed by atoms with van der Waals surface area (Å²) in [6.45, 7) is 1.87. The first-order valence-corrected chi connectivity index (χ1v) is 8.80. The number of carbonyl (C=O) groups excluding carboxylic acids is 2. The highest BCUT2D eigenvalue weighted by atomic mass is 16.6. The standard InChI is InChI=1S/C21H19N3O5/c1-14-7-9-15(10-8-14)19(20(22)25)23(13-18-6-3-11-29-18)21(26)16-4-2-5-17(12-16)24(27)28/h2-12,19H,13H2,1H3,(H2,22,25). The lowest BCUT2D eigenvalue weighted by Gasteiger charge is -2.29. The highest BCUT2D eigenvalue weighted by molar-refractivity contribution is 5.98. The van der Waals surface area contributed by atoms with Gasteiger partial charge in [-0.05, 0) is 30.7 Å². The molecule has 0 aliphatic rings. The Labute approximate surface area is 166 Å². The Kier molecular flexibility index (Phi) is 5.73. The molecule has 0 spiro atoms. The van der Waals surface area contributed by atoms with Crippen molar-refractivity contribution < 1.29 is 18.9 Å². The van der Waals surface area contributed by atoms with E-state index in [2.05, 4.69) is 0 Å². The van der Waals surface area contributed by atoms with Crippen LogP contribution in [0.15, 0.2) is 71.3 Å². The molecule has 1 aromatic heterocycles. The second-order valence-electron chi connectivity index (χ2n) is 6.54. The average molecular weight is 393 g/mol. The van der Waals surface area contributed by atoms with E-state index in [0.717, 1.165) is 5.56 Å². The predicted octanol–water partition coefficient (Wildman–Crippen LogP) is 3.37. The number of benzene rings is 2. The Morgan fingerprint density at radius 2 is 1.86 bits per heavy atom. The fourth-order valence-electron chi connectivity index (χ4n) is 3.02. The number of furan rings is 1. The van der Waals surface area contributed by atoms with Crippen molar-refractivity contribution in [2.24, 2.45) is 5.73 Å². The van der Waals surface area contributed by atoms with Gasteiger partial charge in [-0.3, -0.25) is 19.7 Å². The molecular weight excluding hydrogens is 374 g/mol. The minimum atomic E-state index is -1.08. The molecular formula is C21H19N3O5. The minimum absolute atomic E-state index is 0.0317. The number of carbonyl (C=O) groups is 2. The number of amides is 2. The van der Waals surface area contributed by atoms with Gasteiger partial charge in [0.25, 0.3) is 11.6 Å². The second-order valence-corrected chi connectivity index (χ2v) is 6.54. The van der Waals surface area contributed by atoms with E-state index in [-0.39, 0.29) is 17.8 Å². The summed E-state index contributed by atoms with van der Waals surface area (Å²) in [5, 5.41) is 11.1. The van der Waals surface area contributed by atoms with E-state index in [1.807, 2.05) is 19.1 Å². The molecule has 1 atom stereocenters. The van der Waals surface area contributed by atoms with Crippen LogP contribution in [0, 0.1) is 17.0 Å². The van der Waals surface area contributed by atoms with Crippen molar-refractivity contribution in [3.8, 4) is 0 Å². The van der Waals surface area contributed by atoms with Gasteiger partial charge in [0.2, 0.25) is 5.91 Å². The van der Waals surface area contributed by atoms with Gasteiger partial charge in [-0.2, -0.15) is 0 Å². The van der Waals surface area contributed by atoms with Crippen LogP contribution in [0.3, 0.4) is 0 Å². The number of nitro benzene ring substituents is 1. The van der Waals surface area contributed by atoms with Crippen molar-refractivity contribution in [1.29, 1.82) is 0 Å². The summed E-state index contributed by atoms with van der Waals surface area (Å²) in [6, 6.07) is 14.7. The van der Waals surface area contributed by atoms with Gasteiger partial charge in [-0.15, -0.1) is 0 Å². The summed E-state index contributed by atoms with van der Waals surface area (Å²) in [6.07, 6.45) is 1.45. The van der Waals surface area contributed by atoms with Crippen molar-refractivity contribution in [3.63, 3.8) is 0 Å². The zero-order chi connectivity index (χ0) is 21.0. The first-order chi connectivity index (χ1) is 13.9. The number of nitrogens with two attached hydrogens (primary N) is 1. The van der Waals surface area contributed by atoms with Crippen molar-refractivity contribution in [2.45, 2.75) is 19.5 Å². The van der Waals surface area contributed by atoms with Gasteiger partial charge in [0.15, 0.2) is 0 Å². The third-order valence-electron chi connectivity index (χ3n) is 4.45. The molecule has 0 aliphatic heterocycles. The first kappa shape index (κ1) is 19.8. The predicted molar refractivity (Wildman–Crippen MR) is 105 cm³/mol. The second kappa shape index (κ2) is 8.39. The van der Waals surface area contributed by atoms with E-state index >= 15 is 0 Å². The summed E-state index contributed by atoms with van der Waals surface area (Å²) in [4.78, 5) is 37.4. The van der Waals surface area contributed by atoms with Crippen LogP contribution in [0.25, 0.3) is 0 Å². The van der Waals surface area contributed by atoms with E-state index in [1.165, 1.54) is 35.4 Å². The van der Waals surface area contributed by atoms with Gasteiger partial charge >= 0.3 is 0 Å². The molecule has 8 heteroatoms. The van der Waals surface area contributed by atoms with Crippen LogP contribution in [-0.4, -0.2) is 21.6 Å². The van der Waals surface area contributed by atoms with Crippen LogP contribution in [0.2, 0.25) is 0 Å². The molecule has 2 aromatic carbocycles. The number of hydrogen-bond acceptors (Lipinski definition) is 5. The Morgan fingerprint density at radius 3 is 2.45 bits per heavy atom. The molecule has 1 unspecified atom stereocenters. The molecule has 3 aromatic rings. The number of hydrogen-bond donors (Lipinski definition) is 1. The number of nitro groups is 1. The van der Waals surface area contributed by atoms with Gasteiger partial charge in [-0.25, -0.2) is 0 Å². The van der Waals surface area contributed by atoms with Crippen molar-refractivity contribution in [2.75, 3.05) is 0 Å². The monoisotopic (exact) mass is 393 g/mol. The molecule has 0 radical (unpaired) electrons. The van der Waals surface area contributed by atoms with E-state index in [0.29, 0.717) is 11.3 Å². The Hall–Kier alpha value is -3.94. The molecule has 0 aliphatic carbocycles. The molecule has 0 saturated carbocycles. The summed E-state index contributed by atoms with van der Waals surface area (Å²) in [5.74, 6) is -0.851. The number of aryl methyl sites for hydroxylation is 1. The molecule has 1 heterocycles. The van der Waals surface area contributed by atoms with Gasteiger partial charge in [0, 0.05) is 17.7 Å². The topological polar surface area (TPSA) is 120 Å². The lowest BCUT2D eigenvalue weighted by atomic mass is 10.0. The minimum Gasteiger partial charge on any atom is -0.467 e. The smallest absolute Gasteiger partial charge is 0.270 e. The van der Waals surface area contributed by atoms with Gasteiger partial charge in [0.05, 0.1) is 17.7 Å². The van der Waals surface area contributed by atoms with Gasteiger partial charge in [0.1, 0.15) is 11.8 Å². The molecule has 0 fully saturated rings. The van der Waals surface area contributed by atoms with Gasteiger partial charge in [-0.1, -0.05) is 35.9 Å². The fraction of sp³-hybridized carbons (Fsp3) is 0.143. The quantitative estimate of drug-likeness (QED) is 0.487. The average Bonchev–Trinajstić information content (AvgIpc) is 3.21. The van der Waals surface area contributed by atoms with E-state index < -0.39 is 22.8 Å². The summed E-state index contributed by atoms with van der Waals surface area (Å²) < 4.78 is 5.34. The molecule has 8 nitrogen and oxygen atoms in total. The molecule has 0 bridgehead atoms. The fourth-order valence-corrected chi connectivity index (χ4v) is 3.02. The normalized spacial score (nSPS) is 11.6. The SMILES string of the molecule is Cc1ccc(C(C(N)=O)N(Cc2ccco2)C(=O)c2cccc([N+](=O)[O-])c2)cc1. The highest BCUT2D eigenvalue weighted by Gasteiger charge is 2.32. The zero-order valence-corrected chi connectivity index (χ0v) is 15.6. The molecule has 29 heavy (non-hydrogen) atoms. The van der Waals surface area contributed by atoms with Crippen LogP contribution in [0.5, 0.6) is 0 Å². The molecule has 3 rings (SSSR count). The molecule has 2 amide bonds. The zero-order valence-electron chi connectivity index (χ0n) is 15.6. The molecule has 148 valence electrons. The maximum absolute atomic E-state index is 13.3. The Balaban J connectivity index is 2.06. The lowest BCUT2D eigenvalue weighted by molar-refractivity contribution is -0.384. The highest BCUT2D eigenvalue weighted by Crippen LogP contribution is 2.26. The summed E-state index contributed by atoms with van der Waals surface area (Å²) >= 11 is 0. The Bertz CT molecular complexity index is 1030. The van der Waals surface area contributed by atoms with Crippen LogP contribution in [0.1, 0.15) is 33.3 Å². The maximum atomic E-state index is 13.3. The summed E-state index contributed by atoms with van der Waals surface area (Å²) in [5.41, 5.74) is 7.03. The largest absolute Gasteiger partial charge is 0.467 e. The third kappa shape index (κ3) is 4.49. The first-order valence-electron chi connectivity index (χ1n) is 8.80. The number of non-ortho nitro benzene ring substituents is 1. The maximum Gasteiger partial charge on any atom is 0.270 e. The van der Waals surface area contributed by atoms with E-state index in [9.17, 15) is 19.7 Å². The van der Waals surface area contributed by atoms with Gasteiger partial charge < -0.3 is 15.1 Å². The van der Waals surface area contributed by atoms with E-state index in [1.54, 1.807) is 24.3 Å². The molecule has 2 N–H and O–H groups in total. The van der Waals surface area contributed by atoms with Crippen molar-refractivity contribution >= 4 is 17.5 Å². The number of rotatable bonds is 7. The number of nitrogens with zero attached hydrogens (tertiary/aromatic N) is 2. The number of primary amides is 1. The lowest BCUT2D eigenvalue weighted by Crippen LogP contribution is -2.41. The van der Waals surface area contributed by atoms with Crippen molar-refractivity contribution in [1.82, 2.24) is 4.90 Å². The summed E-state index contributed by atoms with van der Waals surface area (Å²) in [7, 11) is 0. The van der Waals surface area contributed by atoms with Crippen molar-refractivity contribution in [3.05, 3.63) is 99.5 Å². The van der Waals surface area contributed by atoms with Crippen LogP contribution in [0.4, 0.5) is 5.69 Å². The van der Waals surface area contributed by atoms with Crippen LogP contribution >= 0.6 is 0 Å². The third-order valence-corrected chi connectivity index (χ3v) is 4.45. The van der Waals surface area contributed by atoms with E-state index in [4.69, 9.17) is 10.2 Å². The van der Waals surface area contributed by atoms with Crippen LogP contribution in [-0.2, 0) is 11.3 Å².